The maximum absolute atomic E-state index is 12.1. The molecule has 0 aliphatic rings. The third-order valence-electron chi connectivity index (χ3n) is 3.76. The van der Waals surface area contributed by atoms with Crippen molar-refractivity contribution in [3.8, 4) is 17.5 Å². The van der Waals surface area contributed by atoms with Crippen molar-refractivity contribution in [3.63, 3.8) is 0 Å². The standard InChI is InChI=1S/C17H19N5O2/c1-12(7-8-18)22(3)17(24)16(23)20-14-6-4-5-13(11-14)15-19-9-10-21(15)2/h4-6,9-12H,7H2,1-3H3,(H,20,23)/t12-/m0/s1. The first-order valence-corrected chi connectivity index (χ1v) is 7.47. The molecule has 0 bridgehead atoms. The van der Waals surface area contributed by atoms with Crippen molar-refractivity contribution in [3.05, 3.63) is 36.7 Å². The van der Waals surface area contributed by atoms with Gasteiger partial charge in [-0.25, -0.2) is 4.98 Å². The molecule has 0 aliphatic heterocycles. The van der Waals surface area contributed by atoms with Gasteiger partial charge in [0.1, 0.15) is 5.82 Å². The van der Waals surface area contributed by atoms with Crippen LogP contribution >= 0.6 is 0 Å². The minimum absolute atomic E-state index is 0.171. The molecule has 0 fully saturated rings. The van der Waals surface area contributed by atoms with Gasteiger partial charge in [-0.15, -0.1) is 0 Å². The zero-order valence-corrected chi connectivity index (χ0v) is 13.9. The first kappa shape index (κ1) is 17.2. The quantitative estimate of drug-likeness (QED) is 0.868. The van der Waals surface area contributed by atoms with Crippen LogP contribution in [0.4, 0.5) is 5.69 Å². The maximum atomic E-state index is 12.1. The smallest absolute Gasteiger partial charge is 0.313 e. The van der Waals surface area contributed by atoms with Crippen LogP contribution in [0, 0.1) is 11.3 Å². The molecule has 0 radical (unpaired) electrons. The van der Waals surface area contributed by atoms with E-state index < -0.39 is 11.8 Å². The zero-order valence-electron chi connectivity index (χ0n) is 13.9. The highest BCUT2D eigenvalue weighted by Gasteiger charge is 2.22. The minimum atomic E-state index is -0.737. The molecule has 7 heteroatoms. The third kappa shape index (κ3) is 3.79. The molecule has 7 nitrogen and oxygen atoms in total. The Hall–Kier alpha value is -3.14. The lowest BCUT2D eigenvalue weighted by Crippen LogP contribution is -2.42. The Balaban J connectivity index is 2.11. The van der Waals surface area contributed by atoms with Crippen molar-refractivity contribution in [1.29, 1.82) is 5.26 Å². The average molecular weight is 325 g/mol. The van der Waals surface area contributed by atoms with Gasteiger partial charge in [0, 0.05) is 43.8 Å². The van der Waals surface area contributed by atoms with E-state index in [9.17, 15) is 9.59 Å². The van der Waals surface area contributed by atoms with Crippen LogP contribution in [-0.4, -0.2) is 39.4 Å². The number of imidazole rings is 1. The van der Waals surface area contributed by atoms with Gasteiger partial charge >= 0.3 is 11.8 Å². The number of rotatable bonds is 4. The van der Waals surface area contributed by atoms with E-state index in [2.05, 4.69) is 10.3 Å². The number of hydrogen-bond donors (Lipinski definition) is 1. The average Bonchev–Trinajstić information content (AvgIpc) is 3.00. The summed E-state index contributed by atoms with van der Waals surface area (Å²) in [6, 6.07) is 8.78. The van der Waals surface area contributed by atoms with Gasteiger partial charge in [-0.2, -0.15) is 5.26 Å². The number of carbonyl (C=O) groups excluding carboxylic acids is 2. The van der Waals surface area contributed by atoms with Gasteiger partial charge < -0.3 is 14.8 Å². The Kier molecular flexibility index (Phi) is 5.32. The first-order chi connectivity index (χ1) is 11.4. The van der Waals surface area contributed by atoms with Crippen molar-refractivity contribution in [2.75, 3.05) is 12.4 Å². The van der Waals surface area contributed by atoms with E-state index in [4.69, 9.17) is 5.26 Å². The normalized spacial score (nSPS) is 11.4. The molecule has 1 N–H and O–H groups in total. The Morgan fingerprint density at radius 2 is 2.21 bits per heavy atom. The second kappa shape index (κ2) is 7.42. The Labute approximate surface area is 140 Å². The number of carbonyl (C=O) groups is 2. The van der Waals surface area contributed by atoms with Crippen LogP contribution in [0.25, 0.3) is 11.4 Å². The molecular formula is C17H19N5O2. The van der Waals surface area contributed by atoms with Crippen LogP contribution in [0.1, 0.15) is 13.3 Å². The van der Waals surface area contributed by atoms with Crippen LogP contribution in [-0.2, 0) is 16.6 Å². The van der Waals surface area contributed by atoms with E-state index in [0.29, 0.717) is 5.69 Å². The number of hydrogen-bond acceptors (Lipinski definition) is 4. The van der Waals surface area contributed by atoms with Gasteiger partial charge in [-0.1, -0.05) is 12.1 Å². The summed E-state index contributed by atoms with van der Waals surface area (Å²) >= 11 is 0. The number of nitriles is 1. The Bertz CT molecular complexity index is 790. The molecule has 124 valence electrons. The minimum Gasteiger partial charge on any atom is -0.334 e. The maximum Gasteiger partial charge on any atom is 0.313 e. The van der Waals surface area contributed by atoms with E-state index in [1.165, 1.54) is 11.9 Å². The molecule has 0 spiro atoms. The predicted molar refractivity (Wildman–Crippen MR) is 89.7 cm³/mol. The summed E-state index contributed by atoms with van der Waals surface area (Å²) in [5.41, 5.74) is 1.34. The number of likely N-dealkylation sites (N-methyl/N-ethyl adjacent to an activating group) is 1. The second-order valence-electron chi connectivity index (χ2n) is 5.52. The molecule has 1 atom stereocenters. The van der Waals surface area contributed by atoms with E-state index >= 15 is 0 Å². The number of benzene rings is 1. The van der Waals surface area contributed by atoms with Crippen LogP contribution in [0.15, 0.2) is 36.7 Å². The number of aromatic nitrogens is 2. The summed E-state index contributed by atoms with van der Waals surface area (Å²) in [4.78, 5) is 29.8. The highest BCUT2D eigenvalue weighted by atomic mass is 16.2. The summed E-state index contributed by atoms with van der Waals surface area (Å²) < 4.78 is 1.86. The van der Waals surface area contributed by atoms with Gasteiger partial charge in [-0.3, -0.25) is 9.59 Å². The van der Waals surface area contributed by atoms with Crippen LogP contribution in [0.3, 0.4) is 0 Å². The highest BCUT2D eigenvalue weighted by molar-refractivity contribution is 6.39. The molecule has 0 unspecified atom stereocenters. The van der Waals surface area contributed by atoms with Crippen molar-refractivity contribution in [2.24, 2.45) is 7.05 Å². The number of nitrogens with one attached hydrogen (secondary N) is 1. The number of amides is 2. The van der Waals surface area contributed by atoms with Crippen LogP contribution in [0.5, 0.6) is 0 Å². The van der Waals surface area contributed by atoms with Crippen LogP contribution < -0.4 is 5.32 Å². The van der Waals surface area contributed by atoms with E-state index in [0.717, 1.165) is 11.4 Å². The lowest BCUT2D eigenvalue weighted by atomic mass is 10.2. The van der Waals surface area contributed by atoms with Gasteiger partial charge in [0.05, 0.1) is 12.5 Å². The van der Waals surface area contributed by atoms with Crippen molar-refractivity contribution < 1.29 is 9.59 Å². The van der Waals surface area contributed by atoms with Crippen molar-refractivity contribution in [1.82, 2.24) is 14.5 Å². The molecule has 0 aliphatic carbocycles. The fourth-order valence-corrected chi connectivity index (χ4v) is 2.19. The second-order valence-corrected chi connectivity index (χ2v) is 5.52. The fraction of sp³-hybridized carbons (Fsp3) is 0.294. The molecule has 0 saturated carbocycles. The summed E-state index contributed by atoms with van der Waals surface area (Å²) in [5.74, 6) is -0.656. The van der Waals surface area contributed by atoms with Gasteiger partial charge in [-0.05, 0) is 19.1 Å². The van der Waals surface area contributed by atoms with E-state index in [1.54, 1.807) is 31.3 Å². The monoisotopic (exact) mass is 325 g/mol. The number of nitrogens with zero attached hydrogens (tertiary/aromatic N) is 4. The molecule has 1 aromatic carbocycles. The summed E-state index contributed by atoms with van der Waals surface area (Å²) in [7, 11) is 3.39. The van der Waals surface area contributed by atoms with Crippen LogP contribution in [0.2, 0.25) is 0 Å². The third-order valence-corrected chi connectivity index (χ3v) is 3.76. The molecule has 2 amide bonds. The number of aryl methyl sites for hydroxylation is 1. The first-order valence-electron chi connectivity index (χ1n) is 7.47. The molecule has 24 heavy (non-hydrogen) atoms. The van der Waals surface area contributed by atoms with E-state index in [1.807, 2.05) is 29.9 Å². The van der Waals surface area contributed by atoms with Crippen molar-refractivity contribution in [2.45, 2.75) is 19.4 Å². The lowest BCUT2D eigenvalue weighted by Gasteiger charge is -2.22. The fourth-order valence-electron chi connectivity index (χ4n) is 2.19. The zero-order chi connectivity index (χ0) is 17.7. The summed E-state index contributed by atoms with van der Waals surface area (Å²) in [6.45, 7) is 1.72. The SMILES string of the molecule is C[C@@H](CC#N)N(C)C(=O)C(=O)Nc1cccc(-c2nccn2C)c1. The van der Waals surface area contributed by atoms with Gasteiger partial charge in [0.2, 0.25) is 0 Å². The van der Waals surface area contributed by atoms with E-state index in [-0.39, 0.29) is 12.5 Å². The highest BCUT2D eigenvalue weighted by Crippen LogP contribution is 2.20. The molecular weight excluding hydrogens is 306 g/mol. The van der Waals surface area contributed by atoms with Gasteiger partial charge in [0.25, 0.3) is 0 Å². The lowest BCUT2D eigenvalue weighted by molar-refractivity contribution is -0.143. The number of anilines is 1. The molecule has 1 aromatic heterocycles. The summed E-state index contributed by atoms with van der Waals surface area (Å²) in [6.07, 6.45) is 3.69. The van der Waals surface area contributed by atoms with Crippen molar-refractivity contribution >= 4 is 17.5 Å². The molecule has 2 rings (SSSR count). The molecule has 1 heterocycles. The molecule has 0 saturated heterocycles. The van der Waals surface area contributed by atoms with Gasteiger partial charge in [0.15, 0.2) is 0 Å². The topological polar surface area (TPSA) is 91.0 Å². The summed E-state index contributed by atoms with van der Waals surface area (Å²) in [5, 5.41) is 11.3. The largest absolute Gasteiger partial charge is 0.334 e. The molecule has 2 aromatic rings. The Morgan fingerprint density at radius 1 is 1.46 bits per heavy atom. The Morgan fingerprint density at radius 3 is 2.83 bits per heavy atom. The predicted octanol–water partition coefficient (Wildman–Crippen LogP) is 1.79.